The number of benzene rings is 2. The molecule has 0 N–H and O–H groups in total. The van der Waals surface area contributed by atoms with Crippen molar-refractivity contribution in [1.29, 1.82) is 0 Å². The van der Waals surface area contributed by atoms with Crippen molar-refractivity contribution in [2.45, 2.75) is 8.42 Å². The molecule has 0 unspecified atom stereocenters. The van der Waals surface area contributed by atoms with Crippen LogP contribution in [0.4, 0.5) is 11.4 Å². The van der Waals surface area contributed by atoms with Gasteiger partial charge in [0, 0.05) is 10.8 Å². The van der Waals surface area contributed by atoms with Gasteiger partial charge in [-0.2, -0.15) is 0 Å². The van der Waals surface area contributed by atoms with E-state index in [0.29, 0.717) is 19.5 Å². The Morgan fingerprint density at radius 1 is 0.655 bits per heavy atom. The molecule has 0 saturated carbocycles. The monoisotopic (exact) mass is 440 g/mol. The summed E-state index contributed by atoms with van der Waals surface area (Å²) in [7, 11) is 0. The van der Waals surface area contributed by atoms with Gasteiger partial charge in [0.25, 0.3) is 0 Å². The van der Waals surface area contributed by atoms with Crippen LogP contribution in [0.1, 0.15) is 0 Å². The van der Waals surface area contributed by atoms with Crippen LogP contribution >= 0.6 is 34.4 Å². The van der Waals surface area contributed by atoms with Crippen molar-refractivity contribution in [3.63, 3.8) is 0 Å². The smallest absolute Gasteiger partial charge is 0.258 e. The van der Waals surface area contributed by atoms with Crippen LogP contribution in [0.2, 0.25) is 0 Å². The van der Waals surface area contributed by atoms with Gasteiger partial charge in [-0.1, -0.05) is 72.4 Å². The van der Waals surface area contributed by atoms with E-state index in [4.69, 9.17) is 0 Å². The third-order valence-corrected chi connectivity index (χ3v) is 7.54. The second-order valence-electron chi connectivity index (χ2n) is 5.92. The van der Waals surface area contributed by atoms with Crippen molar-refractivity contribution in [3.05, 3.63) is 91.7 Å². The van der Waals surface area contributed by atoms with E-state index in [1.807, 2.05) is 60.7 Å². The Balaban J connectivity index is 1.78. The Hall–Kier alpha value is -3.01. The molecule has 6 nitrogen and oxygen atoms in total. The average Bonchev–Trinajstić information content (AvgIpc) is 3.34. The van der Waals surface area contributed by atoms with E-state index in [9.17, 15) is 20.2 Å². The number of hydrogen-bond donors (Lipinski definition) is 0. The predicted octanol–water partition coefficient (Wildman–Crippen LogP) is 7.11. The molecule has 0 fully saturated rings. The first kappa shape index (κ1) is 19.3. The van der Waals surface area contributed by atoms with Crippen LogP contribution < -0.4 is 0 Å². The van der Waals surface area contributed by atoms with Crippen LogP contribution in [0.3, 0.4) is 0 Å². The topological polar surface area (TPSA) is 86.3 Å². The largest absolute Gasteiger partial charge is 0.301 e. The van der Waals surface area contributed by atoms with E-state index >= 15 is 0 Å². The van der Waals surface area contributed by atoms with Crippen LogP contribution in [-0.4, -0.2) is 9.85 Å². The first-order chi connectivity index (χ1) is 14.1. The number of rotatable bonds is 6. The lowest BCUT2D eigenvalue weighted by atomic mass is 10.1. The molecule has 29 heavy (non-hydrogen) atoms. The quantitative estimate of drug-likeness (QED) is 0.235. The fourth-order valence-corrected chi connectivity index (χ4v) is 6.49. The summed E-state index contributed by atoms with van der Waals surface area (Å²) in [4.78, 5) is 22.7. The minimum Gasteiger partial charge on any atom is -0.258 e. The number of thiophene rings is 2. The molecule has 2 heterocycles. The van der Waals surface area contributed by atoms with E-state index < -0.39 is 9.85 Å². The SMILES string of the molecule is O=[N+]([O-])c1c(-c2ccccc2)csc1Sc1scc(-c2ccccc2)c1[N+](=O)[O-]. The lowest BCUT2D eigenvalue weighted by Gasteiger charge is -2.01. The normalized spacial score (nSPS) is 10.8. The highest BCUT2D eigenvalue weighted by Crippen LogP contribution is 2.51. The lowest BCUT2D eigenvalue weighted by Crippen LogP contribution is -1.91. The Morgan fingerprint density at radius 2 is 1.03 bits per heavy atom. The first-order valence-corrected chi connectivity index (χ1v) is 10.9. The molecule has 0 spiro atoms. The standard InChI is InChI=1S/C20H12N2O4S3/c23-21(24)17-15(13-7-3-1-4-8-13)11-27-19(17)29-20-18(22(25)26)16(12-28-20)14-9-5-2-6-10-14/h1-12H. The van der Waals surface area contributed by atoms with E-state index in [2.05, 4.69) is 0 Å². The summed E-state index contributed by atoms with van der Waals surface area (Å²) in [6.07, 6.45) is 0. The molecule has 0 radical (unpaired) electrons. The summed E-state index contributed by atoms with van der Waals surface area (Å²) in [5.74, 6) is 0. The molecule has 144 valence electrons. The van der Waals surface area contributed by atoms with Gasteiger partial charge in [-0.05, 0) is 11.1 Å². The van der Waals surface area contributed by atoms with Crippen LogP contribution in [-0.2, 0) is 0 Å². The van der Waals surface area contributed by atoms with Crippen molar-refractivity contribution in [2.24, 2.45) is 0 Å². The van der Waals surface area contributed by atoms with Crippen molar-refractivity contribution in [1.82, 2.24) is 0 Å². The molecular formula is C20H12N2O4S3. The molecule has 0 aliphatic heterocycles. The molecule has 0 bridgehead atoms. The van der Waals surface area contributed by atoms with Gasteiger partial charge in [-0.3, -0.25) is 20.2 Å². The molecule has 0 atom stereocenters. The Kier molecular flexibility index (Phi) is 5.43. The van der Waals surface area contributed by atoms with E-state index in [1.165, 1.54) is 22.7 Å². The molecule has 9 heteroatoms. The zero-order valence-electron chi connectivity index (χ0n) is 14.7. The van der Waals surface area contributed by atoms with Gasteiger partial charge in [-0.25, -0.2) is 0 Å². The molecule has 0 aliphatic carbocycles. The zero-order chi connectivity index (χ0) is 20.4. The third kappa shape index (κ3) is 3.80. The molecule has 0 aliphatic rings. The van der Waals surface area contributed by atoms with Crippen molar-refractivity contribution in [2.75, 3.05) is 0 Å². The van der Waals surface area contributed by atoms with E-state index in [1.54, 1.807) is 10.8 Å². The molecule has 0 saturated heterocycles. The fraction of sp³-hybridized carbons (Fsp3) is 0. The van der Waals surface area contributed by atoms with Gasteiger partial charge < -0.3 is 0 Å². The highest BCUT2D eigenvalue weighted by molar-refractivity contribution is 8.03. The van der Waals surface area contributed by atoms with Crippen molar-refractivity contribution < 1.29 is 9.85 Å². The van der Waals surface area contributed by atoms with Gasteiger partial charge in [0.1, 0.15) is 8.42 Å². The molecule has 2 aromatic carbocycles. The van der Waals surface area contributed by atoms with Crippen LogP contribution in [0.15, 0.2) is 79.8 Å². The van der Waals surface area contributed by atoms with Gasteiger partial charge in [0.2, 0.25) is 0 Å². The maximum Gasteiger partial charge on any atom is 0.301 e. The second kappa shape index (κ2) is 8.16. The summed E-state index contributed by atoms with van der Waals surface area (Å²) in [5, 5.41) is 27.0. The maximum atomic E-state index is 11.8. The average molecular weight is 441 g/mol. The van der Waals surface area contributed by atoms with E-state index in [0.717, 1.165) is 22.9 Å². The van der Waals surface area contributed by atoms with Crippen molar-refractivity contribution >= 4 is 45.8 Å². The van der Waals surface area contributed by atoms with Gasteiger partial charge in [-0.15, -0.1) is 22.7 Å². The molecular weight excluding hydrogens is 428 g/mol. The summed E-state index contributed by atoms with van der Waals surface area (Å²) >= 11 is 3.53. The number of nitrogens with zero attached hydrogens (tertiary/aromatic N) is 2. The summed E-state index contributed by atoms with van der Waals surface area (Å²) in [6.45, 7) is 0. The minimum absolute atomic E-state index is 0.0184. The van der Waals surface area contributed by atoms with Gasteiger partial charge in [0.15, 0.2) is 0 Å². The molecule has 4 aromatic rings. The first-order valence-electron chi connectivity index (χ1n) is 8.36. The molecule has 4 rings (SSSR count). The van der Waals surface area contributed by atoms with Crippen LogP contribution in [0.25, 0.3) is 22.3 Å². The summed E-state index contributed by atoms with van der Waals surface area (Å²) in [5.41, 5.74) is 2.49. The van der Waals surface area contributed by atoms with Gasteiger partial charge in [0.05, 0.1) is 21.0 Å². The fourth-order valence-electron chi connectivity index (χ4n) is 2.89. The number of nitro groups is 2. The minimum atomic E-state index is -0.418. The summed E-state index contributed by atoms with van der Waals surface area (Å²) in [6, 6.07) is 18.2. The second-order valence-corrected chi connectivity index (χ2v) is 9.22. The van der Waals surface area contributed by atoms with Gasteiger partial charge >= 0.3 is 11.4 Å². The highest BCUT2D eigenvalue weighted by atomic mass is 32.2. The zero-order valence-corrected chi connectivity index (χ0v) is 17.1. The Morgan fingerprint density at radius 3 is 1.38 bits per heavy atom. The maximum absolute atomic E-state index is 11.8. The lowest BCUT2D eigenvalue weighted by molar-refractivity contribution is -0.386. The van der Waals surface area contributed by atoms with E-state index in [-0.39, 0.29) is 11.4 Å². The Labute approximate surface area is 177 Å². The predicted molar refractivity (Wildman–Crippen MR) is 117 cm³/mol. The Bertz CT molecular complexity index is 1090. The van der Waals surface area contributed by atoms with Crippen molar-refractivity contribution in [3.8, 4) is 22.3 Å². The third-order valence-electron chi connectivity index (χ3n) is 4.18. The highest BCUT2D eigenvalue weighted by Gasteiger charge is 2.30. The molecule has 0 amide bonds. The molecule has 2 aromatic heterocycles. The van der Waals surface area contributed by atoms with Crippen LogP contribution in [0.5, 0.6) is 0 Å². The van der Waals surface area contributed by atoms with Crippen LogP contribution in [0, 0.1) is 20.2 Å². The number of hydrogen-bond acceptors (Lipinski definition) is 7. The summed E-state index contributed by atoms with van der Waals surface area (Å²) < 4.78 is 0.858.